The fourth-order valence-electron chi connectivity index (χ4n) is 2.38. The van der Waals surface area contributed by atoms with Crippen molar-refractivity contribution < 1.29 is 18.3 Å². The van der Waals surface area contributed by atoms with Gasteiger partial charge in [0.15, 0.2) is 5.82 Å². The largest absolute Gasteiger partial charge is 0.435 e. The maximum atomic E-state index is 12.2. The lowest BCUT2D eigenvalue weighted by Gasteiger charge is -2.10. The molecule has 0 aliphatic rings. The molecule has 11 heteroatoms. The molecule has 2 heterocycles. The molecule has 0 saturated carbocycles. The first-order valence-electron chi connectivity index (χ1n) is 8.69. The van der Waals surface area contributed by atoms with Gasteiger partial charge in [-0.1, -0.05) is 6.07 Å². The van der Waals surface area contributed by atoms with Crippen LogP contribution in [0.25, 0.3) is 5.82 Å². The predicted octanol–water partition coefficient (Wildman–Crippen LogP) is 2.81. The molecule has 0 atom stereocenters. The number of aromatic nitrogens is 4. The molecule has 1 aromatic carbocycles. The number of anilines is 2. The molecule has 152 valence electrons. The summed E-state index contributed by atoms with van der Waals surface area (Å²) >= 11 is 0. The van der Waals surface area contributed by atoms with Crippen LogP contribution in [0.4, 0.5) is 25.1 Å². The van der Waals surface area contributed by atoms with E-state index in [0.717, 1.165) is 5.69 Å². The number of nitrogens with one attached hydrogen (secondary N) is 3. The molecule has 2 aromatic heterocycles. The molecule has 9 nitrogen and oxygen atoms in total. The first-order chi connectivity index (χ1) is 14.0. The lowest BCUT2D eigenvalue weighted by atomic mass is 10.3. The number of carbonyl (C=O) groups is 1. The van der Waals surface area contributed by atoms with Crippen LogP contribution < -0.4 is 20.7 Å². The molecule has 0 aliphatic carbocycles. The molecule has 0 saturated heterocycles. The van der Waals surface area contributed by atoms with E-state index in [1.54, 1.807) is 29.1 Å². The van der Waals surface area contributed by atoms with Crippen molar-refractivity contribution in [1.29, 1.82) is 0 Å². The monoisotopic (exact) mass is 403 g/mol. The Balaban J connectivity index is 1.40. The number of alkyl halides is 2. The van der Waals surface area contributed by atoms with Crippen LogP contribution in [0.5, 0.6) is 5.75 Å². The molecule has 0 unspecified atom stereocenters. The van der Waals surface area contributed by atoms with Gasteiger partial charge in [0, 0.05) is 31.0 Å². The van der Waals surface area contributed by atoms with Crippen molar-refractivity contribution in [2.75, 3.05) is 23.7 Å². The average molecular weight is 403 g/mol. The lowest BCUT2D eigenvalue weighted by Crippen LogP contribution is -2.32. The third-order valence-electron chi connectivity index (χ3n) is 3.64. The molecule has 0 spiro atoms. The average Bonchev–Trinajstić information content (AvgIpc) is 3.12. The standard InChI is InChI=1S/C18H19F2N7O2/c1-12-7-10-27(26-12)16-6-5-15(24-25-16)21-8-9-22-18(28)23-13-3-2-4-14(11-13)29-17(19)20/h2-7,10-11,17H,8-9H2,1H3,(H,21,24)(H2,22,23,28). The van der Waals surface area contributed by atoms with Gasteiger partial charge in [0.25, 0.3) is 0 Å². The van der Waals surface area contributed by atoms with E-state index < -0.39 is 12.6 Å². The summed E-state index contributed by atoms with van der Waals surface area (Å²) in [6.07, 6.45) is 1.80. The third kappa shape index (κ3) is 6.13. The second-order valence-corrected chi connectivity index (χ2v) is 5.89. The zero-order valence-electron chi connectivity index (χ0n) is 15.5. The summed E-state index contributed by atoms with van der Waals surface area (Å²) in [7, 11) is 0. The maximum absolute atomic E-state index is 12.2. The van der Waals surface area contributed by atoms with E-state index in [2.05, 4.69) is 36.0 Å². The highest BCUT2D eigenvalue weighted by molar-refractivity contribution is 5.89. The molecular formula is C18H19F2N7O2. The topological polar surface area (TPSA) is 106 Å². The third-order valence-corrected chi connectivity index (χ3v) is 3.64. The minimum atomic E-state index is -2.93. The molecular weight excluding hydrogens is 384 g/mol. The van der Waals surface area contributed by atoms with Gasteiger partial charge < -0.3 is 20.7 Å². The van der Waals surface area contributed by atoms with Crippen LogP contribution in [-0.4, -0.2) is 45.7 Å². The summed E-state index contributed by atoms with van der Waals surface area (Å²) in [6, 6.07) is 10.7. The Kier molecular flexibility index (Phi) is 6.51. The van der Waals surface area contributed by atoms with Gasteiger partial charge in [-0.15, -0.1) is 10.2 Å². The van der Waals surface area contributed by atoms with Crippen LogP contribution >= 0.6 is 0 Å². The Bertz CT molecular complexity index is 947. The summed E-state index contributed by atoms with van der Waals surface area (Å²) in [5.74, 6) is 1.11. The van der Waals surface area contributed by atoms with Crippen LogP contribution in [-0.2, 0) is 0 Å². The molecule has 3 aromatic rings. The Morgan fingerprint density at radius 2 is 2.03 bits per heavy atom. The number of benzene rings is 1. The Hall–Kier alpha value is -3.76. The summed E-state index contributed by atoms with van der Waals surface area (Å²) in [5, 5.41) is 20.6. The van der Waals surface area contributed by atoms with E-state index >= 15 is 0 Å². The van der Waals surface area contributed by atoms with Crippen molar-refractivity contribution in [2.45, 2.75) is 13.5 Å². The molecule has 0 fully saturated rings. The Morgan fingerprint density at radius 1 is 1.17 bits per heavy atom. The number of aryl methyl sites for hydroxylation is 1. The summed E-state index contributed by atoms with van der Waals surface area (Å²) < 4.78 is 30.4. The smallest absolute Gasteiger partial charge is 0.387 e. The van der Waals surface area contributed by atoms with Gasteiger partial charge in [-0.3, -0.25) is 0 Å². The number of hydrogen-bond acceptors (Lipinski definition) is 6. The van der Waals surface area contributed by atoms with Crippen LogP contribution in [0.15, 0.2) is 48.7 Å². The second-order valence-electron chi connectivity index (χ2n) is 5.89. The van der Waals surface area contributed by atoms with Crippen molar-refractivity contribution in [3.05, 3.63) is 54.4 Å². The van der Waals surface area contributed by atoms with Gasteiger partial charge in [-0.2, -0.15) is 13.9 Å². The number of urea groups is 1. The molecule has 3 rings (SSSR count). The highest BCUT2D eigenvalue weighted by atomic mass is 19.3. The Labute approximate surface area is 165 Å². The SMILES string of the molecule is Cc1ccn(-c2ccc(NCCNC(=O)Nc3cccc(OC(F)F)c3)nn2)n1. The number of nitrogens with zero attached hydrogens (tertiary/aromatic N) is 4. The van der Waals surface area contributed by atoms with Crippen LogP contribution in [0.1, 0.15) is 5.69 Å². The van der Waals surface area contributed by atoms with E-state index in [1.165, 1.54) is 18.2 Å². The van der Waals surface area contributed by atoms with Crippen LogP contribution in [0, 0.1) is 6.92 Å². The first-order valence-corrected chi connectivity index (χ1v) is 8.69. The van der Waals surface area contributed by atoms with Crippen molar-refractivity contribution in [3.8, 4) is 11.6 Å². The zero-order valence-corrected chi connectivity index (χ0v) is 15.5. The van der Waals surface area contributed by atoms with E-state index in [0.29, 0.717) is 30.4 Å². The van der Waals surface area contributed by atoms with Crippen LogP contribution in [0.3, 0.4) is 0 Å². The van der Waals surface area contributed by atoms with Crippen molar-refractivity contribution in [2.24, 2.45) is 0 Å². The first kappa shape index (κ1) is 20.0. The molecule has 0 bridgehead atoms. The number of carbonyl (C=O) groups excluding carboxylic acids is 1. The minimum absolute atomic E-state index is 0.0354. The highest BCUT2D eigenvalue weighted by Gasteiger charge is 2.07. The van der Waals surface area contributed by atoms with Gasteiger partial charge in [0.2, 0.25) is 0 Å². The van der Waals surface area contributed by atoms with E-state index in [4.69, 9.17) is 0 Å². The van der Waals surface area contributed by atoms with Gasteiger partial charge >= 0.3 is 12.6 Å². The molecule has 0 aliphatic heterocycles. The Morgan fingerprint density at radius 3 is 2.72 bits per heavy atom. The van der Waals surface area contributed by atoms with E-state index in [9.17, 15) is 13.6 Å². The van der Waals surface area contributed by atoms with Gasteiger partial charge in [0.1, 0.15) is 11.6 Å². The second kappa shape index (κ2) is 9.44. The van der Waals surface area contributed by atoms with Gasteiger partial charge in [0.05, 0.1) is 5.69 Å². The fourth-order valence-corrected chi connectivity index (χ4v) is 2.38. The van der Waals surface area contributed by atoms with Crippen molar-refractivity contribution in [3.63, 3.8) is 0 Å². The van der Waals surface area contributed by atoms with Crippen molar-refractivity contribution >= 4 is 17.5 Å². The number of halogens is 2. The quantitative estimate of drug-likeness (QED) is 0.500. The number of rotatable bonds is 8. The summed E-state index contributed by atoms with van der Waals surface area (Å²) in [5.41, 5.74) is 1.22. The maximum Gasteiger partial charge on any atom is 0.387 e. The number of ether oxygens (including phenoxy) is 1. The van der Waals surface area contributed by atoms with Gasteiger partial charge in [-0.25, -0.2) is 9.48 Å². The van der Waals surface area contributed by atoms with Gasteiger partial charge in [-0.05, 0) is 37.3 Å². The normalized spacial score (nSPS) is 10.6. The molecule has 2 amide bonds. The molecule has 3 N–H and O–H groups in total. The predicted molar refractivity (Wildman–Crippen MR) is 102 cm³/mol. The lowest BCUT2D eigenvalue weighted by molar-refractivity contribution is -0.0497. The molecule has 29 heavy (non-hydrogen) atoms. The van der Waals surface area contributed by atoms with Crippen molar-refractivity contribution in [1.82, 2.24) is 25.3 Å². The minimum Gasteiger partial charge on any atom is -0.435 e. The summed E-state index contributed by atoms with van der Waals surface area (Å²) in [4.78, 5) is 11.9. The summed E-state index contributed by atoms with van der Waals surface area (Å²) in [6.45, 7) is -0.319. The van der Waals surface area contributed by atoms with E-state index in [-0.39, 0.29) is 5.75 Å². The fraction of sp³-hybridized carbons (Fsp3) is 0.222. The zero-order chi connectivity index (χ0) is 20.6. The van der Waals surface area contributed by atoms with E-state index in [1.807, 2.05) is 13.0 Å². The number of amides is 2. The van der Waals surface area contributed by atoms with Crippen LogP contribution in [0.2, 0.25) is 0 Å². The number of hydrogen-bond donors (Lipinski definition) is 3. The highest BCUT2D eigenvalue weighted by Crippen LogP contribution is 2.19. The molecule has 0 radical (unpaired) electrons.